The molecule has 1 aromatic carbocycles. The molecule has 0 atom stereocenters. The summed E-state index contributed by atoms with van der Waals surface area (Å²) in [5, 5.41) is 22.4. The van der Waals surface area contributed by atoms with Gasteiger partial charge in [-0.05, 0) is 50.3 Å². The molecule has 1 heterocycles. The largest absolute Gasteiger partial charge is 0.507 e. The van der Waals surface area contributed by atoms with Crippen LogP contribution in [-0.4, -0.2) is 23.6 Å². The number of hydrogen-bond donors (Lipinski definition) is 2. The van der Waals surface area contributed by atoms with Gasteiger partial charge in [0, 0.05) is 10.4 Å². The number of esters is 1. The summed E-state index contributed by atoms with van der Waals surface area (Å²) >= 11 is 1.36. The first-order chi connectivity index (χ1) is 13.5. The molecule has 1 aliphatic carbocycles. The van der Waals surface area contributed by atoms with Gasteiger partial charge in [-0.25, -0.2) is 4.79 Å². The Morgan fingerprint density at radius 3 is 2.79 bits per heavy atom. The van der Waals surface area contributed by atoms with Crippen LogP contribution in [0.5, 0.6) is 5.75 Å². The lowest BCUT2D eigenvalue weighted by Crippen LogP contribution is -2.16. The minimum atomic E-state index is -0.630. The first kappa shape index (κ1) is 19.6. The van der Waals surface area contributed by atoms with Crippen molar-refractivity contribution in [3.8, 4) is 11.8 Å². The summed E-state index contributed by atoms with van der Waals surface area (Å²) in [5.74, 6) is -1.11. The fourth-order valence-corrected chi connectivity index (χ4v) is 4.43. The molecule has 7 heteroatoms. The lowest BCUT2D eigenvalue weighted by atomic mass is 9.95. The topological polar surface area (TPSA) is 99.4 Å². The highest BCUT2D eigenvalue weighted by Gasteiger charge is 2.27. The molecule has 0 unspecified atom stereocenters. The van der Waals surface area contributed by atoms with E-state index < -0.39 is 11.9 Å². The van der Waals surface area contributed by atoms with Crippen LogP contribution in [0.3, 0.4) is 0 Å². The number of nitrogens with zero attached hydrogens (tertiary/aromatic N) is 1. The van der Waals surface area contributed by atoms with Crippen molar-refractivity contribution in [1.82, 2.24) is 0 Å². The molecule has 1 aromatic heterocycles. The number of fused-ring (bicyclic) bond motifs is 1. The molecule has 0 fully saturated rings. The highest BCUT2D eigenvalue weighted by atomic mass is 32.1. The maximum atomic E-state index is 12.7. The standard InChI is InChI=1S/C21H20N2O4S/c1-2-27-21(26)18-15-8-4-6-10-17(15)28-20(18)23-19(25)14(12-22)11-13-7-3-5-9-16(13)24/h3,5,7,9,11,24H,2,4,6,8,10H2,1H3,(H,23,25)/b14-11+. The van der Waals surface area contributed by atoms with Crippen LogP contribution < -0.4 is 5.32 Å². The number of phenolic OH excluding ortho intramolecular Hbond substituents is 1. The minimum absolute atomic E-state index is 0.0261. The van der Waals surface area contributed by atoms with E-state index in [0.29, 0.717) is 16.1 Å². The molecule has 0 radical (unpaired) electrons. The van der Waals surface area contributed by atoms with Gasteiger partial charge in [-0.2, -0.15) is 5.26 Å². The average molecular weight is 396 g/mol. The van der Waals surface area contributed by atoms with Crippen molar-refractivity contribution in [2.45, 2.75) is 32.6 Å². The van der Waals surface area contributed by atoms with Crippen molar-refractivity contribution < 1.29 is 19.4 Å². The number of thiophene rings is 1. The molecule has 144 valence electrons. The van der Waals surface area contributed by atoms with E-state index in [4.69, 9.17) is 4.74 Å². The van der Waals surface area contributed by atoms with Gasteiger partial charge in [0.1, 0.15) is 22.4 Å². The number of ether oxygens (including phenoxy) is 1. The zero-order valence-corrected chi connectivity index (χ0v) is 16.3. The van der Waals surface area contributed by atoms with E-state index in [9.17, 15) is 20.0 Å². The zero-order valence-electron chi connectivity index (χ0n) is 15.4. The average Bonchev–Trinajstić information content (AvgIpc) is 3.05. The predicted molar refractivity (Wildman–Crippen MR) is 107 cm³/mol. The number of nitrogens with one attached hydrogen (secondary N) is 1. The molecule has 6 nitrogen and oxygen atoms in total. The third kappa shape index (κ3) is 4.07. The third-order valence-corrected chi connectivity index (χ3v) is 5.69. The lowest BCUT2D eigenvalue weighted by Gasteiger charge is -2.12. The monoisotopic (exact) mass is 396 g/mol. The van der Waals surface area contributed by atoms with Crippen LogP contribution >= 0.6 is 11.3 Å². The van der Waals surface area contributed by atoms with Gasteiger partial charge in [-0.15, -0.1) is 11.3 Å². The Morgan fingerprint density at radius 2 is 2.07 bits per heavy atom. The van der Waals surface area contributed by atoms with Crippen molar-refractivity contribution in [3.63, 3.8) is 0 Å². The zero-order chi connectivity index (χ0) is 20.1. The smallest absolute Gasteiger partial charge is 0.341 e. The van der Waals surface area contributed by atoms with Gasteiger partial charge in [0.25, 0.3) is 5.91 Å². The Balaban J connectivity index is 1.93. The van der Waals surface area contributed by atoms with Gasteiger partial charge in [0.15, 0.2) is 0 Å². The molecule has 1 amide bonds. The van der Waals surface area contributed by atoms with Crippen molar-refractivity contribution >= 4 is 34.3 Å². The normalized spacial score (nSPS) is 13.4. The van der Waals surface area contributed by atoms with Gasteiger partial charge in [-0.3, -0.25) is 4.79 Å². The predicted octanol–water partition coefficient (Wildman–Crippen LogP) is 4.05. The molecule has 0 bridgehead atoms. The number of amides is 1. The third-order valence-electron chi connectivity index (χ3n) is 4.48. The molecule has 0 saturated heterocycles. The van der Waals surface area contributed by atoms with Crippen LogP contribution in [0.25, 0.3) is 6.08 Å². The summed E-state index contributed by atoms with van der Waals surface area (Å²) in [5.41, 5.74) is 1.54. The maximum absolute atomic E-state index is 12.7. The maximum Gasteiger partial charge on any atom is 0.341 e. The number of hydrogen-bond acceptors (Lipinski definition) is 6. The second-order valence-corrected chi connectivity index (χ2v) is 7.42. The molecule has 1 aliphatic rings. The number of benzene rings is 1. The highest BCUT2D eigenvalue weighted by Crippen LogP contribution is 2.38. The van der Waals surface area contributed by atoms with E-state index in [1.807, 2.05) is 6.07 Å². The summed E-state index contributed by atoms with van der Waals surface area (Å²) in [6.07, 6.45) is 4.98. The number of nitriles is 1. The molecule has 2 aromatic rings. The second-order valence-electron chi connectivity index (χ2n) is 6.32. The van der Waals surface area contributed by atoms with Crippen molar-refractivity contribution in [2.24, 2.45) is 0 Å². The van der Waals surface area contributed by atoms with Crippen molar-refractivity contribution in [3.05, 3.63) is 51.4 Å². The van der Waals surface area contributed by atoms with Crippen LogP contribution in [0, 0.1) is 11.3 Å². The number of aryl methyl sites for hydroxylation is 1. The summed E-state index contributed by atoms with van der Waals surface area (Å²) in [4.78, 5) is 26.2. The van der Waals surface area contributed by atoms with Gasteiger partial charge >= 0.3 is 5.97 Å². The molecule has 28 heavy (non-hydrogen) atoms. The van der Waals surface area contributed by atoms with E-state index in [2.05, 4.69) is 5.32 Å². The number of carbonyl (C=O) groups excluding carboxylic acids is 2. The van der Waals surface area contributed by atoms with Crippen LogP contribution in [0.4, 0.5) is 5.00 Å². The molecule has 0 spiro atoms. The minimum Gasteiger partial charge on any atom is -0.507 e. The first-order valence-corrected chi connectivity index (χ1v) is 9.89. The summed E-state index contributed by atoms with van der Waals surface area (Å²) in [7, 11) is 0. The molecule has 0 saturated carbocycles. The Morgan fingerprint density at radius 1 is 1.32 bits per heavy atom. The molecule has 3 rings (SSSR count). The Kier molecular flexibility index (Phi) is 6.12. The number of rotatable bonds is 5. The number of carbonyl (C=O) groups is 2. The second kappa shape index (κ2) is 8.72. The van der Waals surface area contributed by atoms with Gasteiger partial charge in [0.2, 0.25) is 0 Å². The highest BCUT2D eigenvalue weighted by molar-refractivity contribution is 7.17. The number of anilines is 1. The number of aromatic hydroxyl groups is 1. The van der Waals surface area contributed by atoms with Gasteiger partial charge < -0.3 is 15.2 Å². The van der Waals surface area contributed by atoms with E-state index in [-0.39, 0.29) is 17.9 Å². The van der Waals surface area contributed by atoms with Crippen LogP contribution in [0.2, 0.25) is 0 Å². The van der Waals surface area contributed by atoms with E-state index >= 15 is 0 Å². The van der Waals surface area contributed by atoms with Crippen molar-refractivity contribution in [1.29, 1.82) is 5.26 Å². The van der Waals surface area contributed by atoms with Crippen LogP contribution in [0.15, 0.2) is 29.8 Å². The molecular weight excluding hydrogens is 376 g/mol. The van der Waals surface area contributed by atoms with E-state index in [0.717, 1.165) is 36.1 Å². The van der Waals surface area contributed by atoms with Gasteiger partial charge in [-0.1, -0.05) is 18.2 Å². The molecule has 2 N–H and O–H groups in total. The van der Waals surface area contributed by atoms with Crippen molar-refractivity contribution in [2.75, 3.05) is 11.9 Å². The van der Waals surface area contributed by atoms with Crippen LogP contribution in [-0.2, 0) is 22.4 Å². The Labute approximate surface area is 167 Å². The first-order valence-electron chi connectivity index (χ1n) is 9.08. The summed E-state index contributed by atoms with van der Waals surface area (Å²) < 4.78 is 5.18. The summed E-state index contributed by atoms with van der Waals surface area (Å²) in [6.45, 7) is 1.98. The fourth-order valence-electron chi connectivity index (χ4n) is 3.16. The van der Waals surface area contributed by atoms with E-state index in [1.165, 1.54) is 23.5 Å². The molecule has 0 aliphatic heterocycles. The Bertz CT molecular complexity index is 985. The fraction of sp³-hybridized carbons (Fsp3) is 0.286. The van der Waals surface area contributed by atoms with E-state index in [1.54, 1.807) is 25.1 Å². The Hall–Kier alpha value is -3.11. The van der Waals surface area contributed by atoms with Gasteiger partial charge in [0.05, 0.1) is 12.2 Å². The number of phenols is 1. The lowest BCUT2D eigenvalue weighted by molar-refractivity contribution is -0.112. The summed E-state index contributed by atoms with van der Waals surface area (Å²) in [6, 6.07) is 8.29. The number of para-hydroxylation sites is 1. The van der Waals surface area contributed by atoms with Crippen LogP contribution in [0.1, 0.15) is 46.1 Å². The SMILES string of the molecule is CCOC(=O)c1c(NC(=O)/C(C#N)=C/c2ccccc2O)sc2c1CCCC2. The molecular formula is C21H20N2O4S. The quantitative estimate of drug-likeness (QED) is 0.451.